The summed E-state index contributed by atoms with van der Waals surface area (Å²) < 4.78 is 6.12. The van der Waals surface area contributed by atoms with Crippen LogP contribution in [0.4, 0.5) is 5.82 Å². The summed E-state index contributed by atoms with van der Waals surface area (Å²) in [5.41, 5.74) is 7.97. The molecule has 0 saturated carbocycles. The van der Waals surface area contributed by atoms with Crippen molar-refractivity contribution in [3.8, 4) is 0 Å². The summed E-state index contributed by atoms with van der Waals surface area (Å²) in [5.74, 6) is 0.939. The van der Waals surface area contributed by atoms with Gasteiger partial charge in [-0.2, -0.15) is 0 Å². The number of benzene rings is 1. The molecule has 0 aliphatic heterocycles. The van der Waals surface area contributed by atoms with Crippen LogP contribution in [0.2, 0.25) is 0 Å². The van der Waals surface area contributed by atoms with Gasteiger partial charge in [-0.3, -0.25) is 14.2 Å². The van der Waals surface area contributed by atoms with Crippen molar-refractivity contribution in [2.45, 2.75) is 49.6 Å². The highest BCUT2D eigenvalue weighted by atomic mass is 32.2. The molecule has 10 heteroatoms. The summed E-state index contributed by atoms with van der Waals surface area (Å²) in [5, 5.41) is 1.86. The third-order valence-electron chi connectivity index (χ3n) is 5.81. The topological polar surface area (TPSA) is 113 Å². The van der Waals surface area contributed by atoms with Gasteiger partial charge in [-0.05, 0) is 43.4 Å². The zero-order valence-electron chi connectivity index (χ0n) is 18.2. The Morgan fingerprint density at radius 2 is 2.00 bits per heavy atom. The predicted octanol–water partition coefficient (Wildman–Crippen LogP) is 3.72. The van der Waals surface area contributed by atoms with Gasteiger partial charge in [-0.15, -0.1) is 11.3 Å². The Bertz CT molecular complexity index is 1430. The fourth-order valence-corrected chi connectivity index (χ4v) is 6.33. The van der Waals surface area contributed by atoms with Crippen LogP contribution in [0, 0.1) is 0 Å². The zero-order chi connectivity index (χ0) is 22.9. The van der Waals surface area contributed by atoms with Crippen molar-refractivity contribution in [3.05, 3.63) is 50.9 Å². The van der Waals surface area contributed by atoms with Gasteiger partial charge >= 0.3 is 5.97 Å². The van der Waals surface area contributed by atoms with Crippen LogP contribution in [0.3, 0.4) is 0 Å². The van der Waals surface area contributed by atoms with Gasteiger partial charge in [0.1, 0.15) is 23.0 Å². The van der Waals surface area contributed by atoms with Crippen molar-refractivity contribution >= 4 is 56.0 Å². The highest BCUT2D eigenvalue weighted by Gasteiger charge is 2.20. The van der Waals surface area contributed by atoms with E-state index in [0.29, 0.717) is 33.5 Å². The summed E-state index contributed by atoms with van der Waals surface area (Å²) in [7, 11) is 1.29. The maximum Gasteiger partial charge on any atom is 0.325 e. The van der Waals surface area contributed by atoms with Gasteiger partial charge in [0.25, 0.3) is 5.56 Å². The highest BCUT2D eigenvalue weighted by molar-refractivity contribution is 7.98. The van der Waals surface area contributed by atoms with Crippen molar-refractivity contribution < 1.29 is 9.53 Å². The smallest absolute Gasteiger partial charge is 0.325 e. The first-order valence-electron chi connectivity index (χ1n) is 10.8. The SMILES string of the molecule is COC(=O)Cn1c(SCc2nc(N)c3c4c(sc3n2)CCCCC4)nc2ccccc2c1=O. The number of nitrogens with zero attached hydrogens (tertiary/aromatic N) is 4. The first-order valence-corrected chi connectivity index (χ1v) is 12.6. The van der Waals surface area contributed by atoms with Crippen molar-refractivity contribution in [2.75, 3.05) is 12.8 Å². The van der Waals surface area contributed by atoms with Crippen molar-refractivity contribution in [2.24, 2.45) is 0 Å². The molecule has 0 fully saturated rings. The first kappa shape index (κ1) is 21.8. The molecule has 0 unspecified atom stereocenters. The molecule has 5 rings (SSSR count). The standard InChI is InChI=1S/C23H23N5O3S2/c1-31-18(29)11-28-22(30)13-7-5-6-9-15(13)25-23(28)32-12-17-26-20(24)19-14-8-3-2-4-10-16(14)33-21(19)27-17/h5-7,9H,2-4,8,10-12H2,1H3,(H2,24,26,27). The summed E-state index contributed by atoms with van der Waals surface area (Å²) >= 11 is 3.01. The molecule has 2 N–H and O–H groups in total. The summed E-state index contributed by atoms with van der Waals surface area (Å²) in [6.07, 6.45) is 5.70. The molecule has 1 aliphatic rings. The largest absolute Gasteiger partial charge is 0.468 e. The molecule has 0 saturated heterocycles. The van der Waals surface area contributed by atoms with E-state index < -0.39 is 5.97 Å². The number of hydrogen-bond donors (Lipinski definition) is 1. The number of fused-ring (bicyclic) bond motifs is 4. The number of thioether (sulfide) groups is 1. The Kier molecular flexibility index (Phi) is 6.03. The number of hydrogen-bond acceptors (Lipinski definition) is 9. The van der Waals surface area contributed by atoms with Crippen LogP contribution in [0.5, 0.6) is 0 Å². The third kappa shape index (κ3) is 4.20. The van der Waals surface area contributed by atoms with Crippen molar-refractivity contribution in [3.63, 3.8) is 0 Å². The molecule has 0 amide bonds. The minimum Gasteiger partial charge on any atom is -0.468 e. The number of para-hydroxylation sites is 1. The number of anilines is 1. The van der Waals surface area contributed by atoms with Crippen LogP contribution in [0.1, 0.15) is 35.5 Å². The number of methoxy groups -OCH3 is 1. The lowest BCUT2D eigenvalue weighted by atomic mass is 10.1. The van der Waals surface area contributed by atoms with E-state index >= 15 is 0 Å². The molecule has 0 spiro atoms. The molecule has 33 heavy (non-hydrogen) atoms. The van der Waals surface area contributed by atoms with Crippen LogP contribution in [0.25, 0.3) is 21.1 Å². The maximum atomic E-state index is 13.0. The number of carbonyl (C=O) groups excluding carboxylic acids is 1. The Morgan fingerprint density at radius 3 is 2.85 bits per heavy atom. The number of nitrogen functional groups attached to an aromatic ring is 1. The average molecular weight is 482 g/mol. The van der Waals surface area contributed by atoms with Gasteiger partial charge in [0, 0.05) is 4.88 Å². The Balaban J connectivity index is 1.50. The van der Waals surface area contributed by atoms with Crippen molar-refractivity contribution in [1.82, 2.24) is 19.5 Å². The second-order valence-electron chi connectivity index (χ2n) is 7.94. The Morgan fingerprint density at radius 1 is 1.18 bits per heavy atom. The lowest BCUT2D eigenvalue weighted by molar-refractivity contribution is -0.141. The van der Waals surface area contributed by atoms with Crippen LogP contribution in [-0.2, 0) is 34.7 Å². The minimum atomic E-state index is -0.516. The normalized spacial score (nSPS) is 13.7. The second kappa shape index (κ2) is 9.11. The van der Waals surface area contributed by atoms with Crippen molar-refractivity contribution in [1.29, 1.82) is 0 Å². The van der Waals surface area contributed by atoms with E-state index in [1.54, 1.807) is 29.5 Å². The van der Waals surface area contributed by atoms with E-state index in [0.717, 1.165) is 23.1 Å². The monoisotopic (exact) mass is 481 g/mol. The minimum absolute atomic E-state index is 0.213. The number of ether oxygens (including phenoxy) is 1. The molecule has 3 aromatic heterocycles. The van der Waals surface area contributed by atoms with Crippen LogP contribution < -0.4 is 11.3 Å². The molecular formula is C23H23N5O3S2. The summed E-state index contributed by atoms with van der Waals surface area (Å²) in [6.45, 7) is -0.213. The number of aryl methyl sites for hydroxylation is 2. The lowest BCUT2D eigenvalue weighted by Gasteiger charge is -2.12. The van der Waals surface area contributed by atoms with Gasteiger partial charge in [-0.25, -0.2) is 15.0 Å². The molecule has 0 atom stereocenters. The third-order valence-corrected chi connectivity index (χ3v) is 7.97. The predicted molar refractivity (Wildman–Crippen MR) is 131 cm³/mol. The summed E-state index contributed by atoms with van der Waals surface area (Å²) in [4.78, 5) is 41.2. The molecule has 8 nitrogen and oxygen atoms in total. The van der Waals surface area contributed by atoms with E-state index in [4.69, 9.17) is 15.5 Å². The lowest BCUT2D eigenvalue weighted by Crippen LogP contribution is -2.27. The molecule has 0 bridgehead atoms. The number of nitrogens with two attached hydrogens (primary N) is 1. The molecule has 4 aromatic rings. The molecule has 1 aliphatic carbocycles. The van der Waals surface area contributed by atoms with Crippen LogP contribution in [-0.4, -0.2) is 32.6 Å². The molecule has 1 aromatic carbocycles. The van der Waals surface area contributed by atoms with Crippen LogP contribution >= 0.6 is 23.1 Å². The molecule has 170 valence electrons. The van der Waals surface area contributed by atoms with E-state index in [2.05, 4.69) is 9.97 Å². The molecule has 0 radical (unpaired) electrons. The van der Waals surface area contributed by atoms with E-state index in [1.807, 2.05) is 6.07 Å². The quantitative estimate of drug-likeness (QED) is 0.199. The fraction of sp³-hybridized carbons (Fsp3) is 0.348. The van der Waals surface area contributed by atoms with Gasteiger partial charge in [0.15, 0.2) is 5.16 Å². The summed E-state index contributed by atoms with van der Waals surface area (Å²) in [6, 6.07) is 7.08. The van der Waals surface area contributed by atoms with Gasteiger partial charge in [0.2, 0.25) is 0 Å². The highest BCUT2D eigenvalue weighted by Crippen LogP contribution is 2.37. The first-order chi connectivity index (χ1) is 16.0. The maximum absolute atomic E-state index is 13.0. The van der Waals surface area contributed by atoms with Gasteiger partial charge < -0.3 is 10.5 Å². The number of esters is 1. The van der Waals surface area contributed by atoms with E-state index in [-0.39, 0.29) is 12.1 Å². The fourth-order valence-electron chi connectivity index (χ4n) is 4.19. The van der Waals surface area contributed by atoms with E-state index in [1.165, 1.54) is 53.1 Å². The van der Waals surface area contributed by atoms with Crippen LogP contribution in [0.15, 0.2) is 34.2 Å². The second-order valence-corrected chi connectivity index (χ2v) is 9.96. The number of thiophene rings is 1. The number of rotatable bonds is 5. The zero-order valence-corrected chi connectivity index (χ0v) is 19.8. The Hall–Kier alpha value is -2.98. The number of aromatic nitrogens is 4. The Labute approximate surface area is 198 Å². The van der Waals surface area contributed by atoms with E-state index in [9.17, 15) is 9.59 Å². The van der Waals surface area contributed by atoms with Gasteiger partial charge in [-0.1, -0.05) is 30.3 Å². The average Bonchev–Trinajstić information content (AvgIpc) is 3.01. The van der Waals surface area contributed by atoms with Gasteiger partial charge in [0.05, 0.1) is 29.2 Å². The molecular weight excluding hydrogens is 458 g/mol. The molecule has 3 heterocycles. The number of carbonyl (C=O) groups is 1.